The van der Waals surface area contributed by atoms with Gasteiger partial charge in [-0.2, -0.15) is 0 Å². The molecule has 4 heavy (non-hydrogen) atoms. The standard InChI is InChI=1S/NO3/c2-1(3)4/q-1/i1+1. The molecule has 0 N–H and O–H groups in total. The number of rotatable bonds is 0. The summed E-state index contributed by atoms with van der Waals surface area (Å²) in [7, 11) is 0. The molecule has 24 valence electrons. The molecule has 0 heterocycles. The van der Waals surface area contributed by atoms with E-state index < -0.39 is 5.09 Å². The van der Waals surface area contributed by atoms with Crippen LogP contribution in [0.2, 0.25) is 0 Å². The maximum absolute atomic E-state index is 8.25. The van der Waals surface area contributed by atoms with Crippen LogP contribution in [0.5, 0.6) is 0 Å². The van der Waals surface area contributed by atoms with Crippen LogP contribution in [0, 0.1) is 15.3 Å². The van der Waals surface area contributed by atoms with E-state index in [0.717, 1.165) is 0 Å². The molecule has 0 bridgehead atoms. The van der Waals surface area contributed by atoms with Crippen molar-refractivity contribution in [3.8, 4) is 0 Å². The summed E-state index contributed by atoms with van der Waals surface area (Å²) in [6.45, 7) is 0. The first-order valence-corrected chi connectivity index (χ1v) is 0.548. The molecule has 0 spiro atoms. The first-order chi connectivity index (χ1) is 1.73. The molecule has 0 unspecified atom stereocenters. The average molecular weight is 63.0 g/mol. The van der Waals surface area contributed by atoms with Crippen molar-refractivity contribution in [3.05, 3.63) is 15.3 Å². The van der Waals surface area contributed by atoms with Crippen LogP contribution in [0.4, 0.5) is 0 Å². The molecule has 0 aromatic rings. The lowest BCUT2D eigenvalue weighted by atomic mass is 13.8. The molecular formula is NO3-. The average Bonchev–Trinajstić information content (AvgIpc) is 0.811. The molecule has 4 nitrogen and oxygen atoms in total. The van der Waals surface area contributed by atoms with Gasteiger partial charge in [-0.1, -0.05) is 0 Å². The Balaban J connectivity index is 2.80. The van der Waals surface area contributed by atoms with Crippen LogP contribution in [0.3, 0.4) is 0 Å². The molecule has 0 fully saturated rings. The maximum Gasteiger partial charge on any atom is 0.0689 e. The second-order valence-electron chi connectivity index (χ2n) is 0.224. The molecular weight excluding hydrogens is 63.0 g/mol. The van der Waals surface area contributed by atoms with Gasteiger partial charge in [0.15, 0.2) is 0 Å². The highest BCUT2D eigenvalue weighted by Gasteiger charge is 1.45. The van der Waals surface area contributed by atoms with Crippen molar-refractivity contribution < 1.29 is 5.09 Å². The van der Waals surface area contributed by atoms with E-state index in [9.17, 15) is 0 Å². The Bertz CT molecular complexity index is 26.3. The molecule has 0 rings (SSSR count). The third-order valence-electron chi connectivity index (χ3n) is 0. The Morgan fingerprint density at radius 1 is 1.50 bits per heavy atom. The van der Waals surface area contributed by atoms with Gasteiger partial charge < -0.3 is 15.3 Å². The van der Waals surface area contributed by atoms with Gasteiger partial charge in [0.05, 0.1) is 5.09 Å². The molecule has 0 aliphatic carbocycles. The van der Waals surface area contributed by atoms with E-state index in [-0.39, 0.29) is 0 Å². The Labute approximate surface area is 21.8 Å². The molecule has 0 aromatic heterocycles. The zero-order chi connectivity index (χ0) is 3.58. The lowest BCUT2D eigenvalue weighted by molar-refractivity contribution is -0.402. The van der Waals surface area contributed by atoms with Gasteiger partial charge in [-0.05, 0) is 0 Å². The van der Waals surface area contributed by atoms with Gasteiger partial charge in [-0.3, -0.25) is 0 Å². The number of hydrogen-bond acceptors (Lipinski definition) is 3. The predicted octanol–water partition coefficient (Wildman–Crippen LogP) is -0.239. The second kappa shape index (κ2) is 0.655. The molecule has 0 amide bonds. The number of hydrogen-bond donors (Lipinski definition) is 0. The molecule has 0 aromatic carbocycles. The van der Waals surface area contributed by atoms with E-state index in [1.165, 1.54) is 0 Å². The molecule has 0 atom stereocenters. The second-order valence-corrected chi connectivity index (χ2v) is 0.224. The van der Waals surface area contributed by atoms with Crippen LogP contribution in [-0.4, -0.2) is 5.09 Å². The highest BCUT2D eigenvalue weighted by Crippen LogP contribution is 1.44. The van der Waals surface area contributed by atoms with E-state index in [4.69, 9.17) is 15.3 Å². The van der Waals surface area contributed by atoms with Gasteiger partial charge in [0.1, 0.15) is 0 Å². The lowest BCUT2D eigenvalue weighted by Gasteiger charge is -1.74. The summed E-state index contributed by atoms with van der Waals surface area (Å²) in [4.78, 5) is 8.25. The SMILES string of the molecule is O=[15N+]([O-])[O-]. The zero-order valence-electron chi connectivity index (χ0n) is 1.67. The van der Waals surface area contributed by atoms with Crippen molar-refractivity contribution >= 4 is 0 Å². The molecule has 0 aliphatic rings. The van der Waals surface area contributed by atoms with Crippen LogP contribution in [0.15, 0.2) is 0 Å². The van der Waals surface area contributed by atoms with Crippen LogP contribution in [0.25, 0.3) is 0 Å². The molecule has 0 saturated heterocycles. The summed E-state index contributed by atoms with van der Waals surface area (Å²) >= 11 is 0. The molecule has 0 radical (unpaired) electrons. The van der Waals surface area contributed by atoms with E-state index in [1.807, 2.05) is 0 Å². The Morgan fingerprint density at radius 3 is 1.50 bits per heavy atom. The minimum atomic E-state index is -1.75. The van der Waals surface area contributed by atoms with Gasteiger partial charge >= 0.3 is 0 Å². The largest absolute Gasteiger partial charge is 0.356 e. The van der Waals surface area contributed by atoms with Crippen molar-refractivity contribution in [2.24, 2.45) is 0 Å². The quantitative estimate of drug-likeness (QED) is 0.221. The summed E-state index contributed by atoms with van der Waals surface area (Å²) in [5.74, 6) is 0. The smallest absolute Gasteiger partial charge is 0.0689 e. The van der Waals surface area contributed by atoms with Crippen molar-refractivity contribution in [2.45, 2.75) is 0 Å². The molecule has 0 saturated carbocycles. The first-order valence-electron chi connectivity index (χ1n) is 0.548. The van der Waals surface area contributed by atoms with Gasteiger partial charge in [-0.15, -0.1) is 0 Å². The van der Waals surface area contributed by atoms with Gasteiger partial charge in [-0.25, -0.2) is 0 Å². The Morgan fingerprint density at radius 2 is 1.50 bits per heavy atom. The summed E-state index contributed by atoms with van der Waals surface area (Å²) in [6.07, 6.45) is 0. The van der Waals surface area contributed by atoms with Crippen molar-refractivity contribution in [2.75, 3.05) is 0 Å². The zero-order valence-corrected chi connectivity index (χ0v) is 1.67. The minimum Gasteiger partial charge on any atom is -0.356 e. The summed E-state index contributed by atoms with van der Waals surface area (Å²) in [5, 5.41) is 14.8. The Hall–Kier alpha value is -0.800. The first kappa shape index (κ1) is 3.20. The topological polar surface area (TPSA) is 66.2 Å². The summed E-state index contributed by atoms with van der Waals surface area (Å²) in [5.41, 5.74) is 0. The summed E-state index contributed by atoms with van der Waals surface area (Å²) in [6, 6.07) is 0. The van der Waals surface area contributed by atoms with Gasteiger partial charge in [0.2, 0.25) is 0 Å². The fourth-order valence-corrected chi connectivity index (χ4v) is 0. The molecule has 4 heteroatoms. The molecule has 0 aliphatic heterocycles. The van der Waals surface area contributed by atoms with E-state index in [1.54, 1.807) is 0 Å². The van der Waals surface area contributed by atoms with Gasteiger partial charge in [0.25, 0.3) is 0 Å². The van der Waals surface area contributed by atoms with E-state index >= 15 is 0 Å². The van der Waals surface area contributed by atoms with Crippen LogP contribution < -0.4 is 0 Å². The predicted molar refractivity (Wildman–Crippen MR) is 10.4 cm³/mol. The highest BCUT2D eigenvalue weighted by molar-refractivity contribution is 4.03. The van der Waals surface area contributed by atoms with E-state index in [2.05, 4.69) is 0 Å². The minimum absolute atomic E-state index is 1.75. The van der Waals surface area contributed by atoms with Crippen LogP contribution >= 0.6 is 0 Å². The fourth-order valence-electron chi connectivity index (χ4n) is 0. The third-order valence-corrected chi connectivity index (χ3v) is 0. The Kier molecular flexibility index (Phi) is 0.524. The maximum atomic E-state index is 8.25. The summed E-state index contributed by atoms with van der Waals surface area (Å²) < 4.78 is 0. The normalized spacial score (nSPS) is 6.00. The van der Waals surface area contributed by atoms with Crippen LogP contribution in [-0.2, 0) is 0 Å². The van der Waals surface area contributed by atoms with E-state index in [0.29, 0.717) is 0 Å². The van der Waals surface area contributed by atoms with Gasteiger partial charge in [0, 0.05) is 0 Å². The lowest BCUT2D eigenvalue weighted by Crippen LogP contribution is -1.74. The van der Waals surface area contributed by atoms with Crippen molar-refractivity contribution in [1.29, 1.82) is 0 Å². The monoisotopic (exact) mass is 63.0 g/mol. The highest BCUT2D eigenvalue weighted by atomic mass is 17.2. The third kappa shape index (κ3) is 0.0750. The van der Waals surface area contributed by atoms with Crippen molar-refractivity contribution in [1.82, 2.24) is 0 Å². The fraction of sp³-hybridized carbons (Fsp3) is 0. The number of nitrogens with zero attached hydrogens (tertiary/aromatic N) is 1. The van der Waals surface area contributed by atoms with Crippen LogP contribution in [0.1, 0.15) is 0 Å². The van der Waals surface area contributed by atoms with Crippen molar-refractivity contribution in [3.63, 3.8) is 0 Å².